The predicted molar refractivity (Wildman–Crippen MR) is 173 cm³/mol. The van der Waals surface area contributed by atoms with Crippen LogP contribution in [0.5, 0.6) is 0 Å². The van der Waals surface area contributed by atoms with Gasteiger partial charge in [-0.1, -0.05) is 97.4 Å². The first-order chi connectivity index (χ1) is 20.9. The molecule has 2 aromatic heterocycles. The third-order valence-corrected chi connectivity index (χ3v) is 8.41. The molecular weight excluding hydrogens is 558 g/mol. The van der Waals surface area contributed by atoms with Crippen molar-refractivity contribution in [3.05, 3.63) is 122 Å². The molecule has 5 aromatic rings. The summed E-state index contributed by atoms with van der Waals surface area (Å²) in [6.45, 7) is 5.30. The van der Waals surface area contributed by atoms with Crippen molar-refractivity contribution < 1.29 is 4.52 Å². The molecule has 0 saturated carbocycles. The van der Waals surface area contributed by atoms with Crippen molar-refractivity contribution in [3.8, 4) is 22.5 Å². The zero-order valence-electron chi connectivity index (χ0n) is 24.3. The van der Waals surface area contributed by atoms with Gasteiger partial charge in [-0.15, -0.1) is 0 Å². The van der Waals surface area contributed by atoms with Gasteiger partial charge in [0.2, 0.25) is 0 Å². The molecule has 0 amide bonds. The molecule has 3 heterocycles. The van der Waals surface area contributed by atoms with E-state index in [0.29, 0.717) is 24.4 Å². The first-order valence-electron chi connectivity index (χ1n) is 14.6. The third-order valence-electron chi connectivity index (χ3n) is 8.05. The number of aromatic amines is 1. The van der Waals surface area contributed by atoms with Crippen LogP contribution in [0.1, 0.15) is 48.0 Å². The minimum absolute atomic E-state index is 0.0298. The van der Waals surface area contributed by atoms with E-state index in [-0.39, 0.29) is 5.56 Å². The fraction of sp³-hybridized carbons (Fsp3) is 0.265. The lowest BCUT2D eigenvalue weighted by atomic mass is 9.98. The van der Waals surface area contributed by atoms with Crippen LogP contribution < -0.4 is 16.2 Å². The summed E-state index contributed by atoms with van der Waals surface area (Å²) in [4.78, 5) is 36.1. The van der Waals surface area contributed by atoms with E-state index in [1.807, 2.05) is 66.1 Å². The van der Waals surface area contributed by atoms with Crippen LogP contribution in [-0.4, -0.2) is 31.2 Å². The van der Waals surface area contributed by atoms with E-state index in [2.05, 4.69) is 40.2 Å². The smallest absolute Gasteiger partial charge is 0.335 e. The van der Waals surface area contributed by atoms with Crippen molar-refractivity contribution >= 4 is 22.9 Å². The van der Waals surface area contributed by atoms with Crippen LogP contribution in [0.3, 0.4) is 0 Å². The Bertz CT molecular complexity index is 1900. The topological polar surface area (TPSA) is 97.0 Å². The van der Waals surface area contributed by atoms with Crippen LogP contribution in [0.25, 0.3) is 22.5 Å². The Morgan fingerprint density at radius 3 is 2.49 bits per heavy atom. The summed E-state index contributed by atoms with van der Waals surface area (Å²) in [6.07, 6.45) is 4.03. The van der Waals surface area contributed by atoms with E-state index in [1.165, 1.54) is 5.56 Å². The molecule has 0 radical (unpaired) electrons. The Balaban J connectivity index is 1.30. The van der Waals surface area contributed by atoms with Crippen LogP contribution >= 0.6 is 12.2 Å². The van der Waals surface area contributed by atoms with Crippen molar-refractivity contribution in [2.45, 2.75) is 52.5 Å². The molecule has 218 valence electrons. The zero-order valence-corrected chi connectivity index (χ0v) is 25.1. The van der Waals surface area contributed by atoms with E-state index in [9.17, 15) is 9.59 Å². The molecule has 0 spiro atoms. The van der Waals surface area contributed by atoms with Gasteiger partial charge in [-0.25, -0.2) is 9.78 Å². The molecule has 0 fully saturated rings. The number of benzene rings is 3. The van der Waals surface area contributed by atoms with Gasteiger partial charge in [0, 0.05) is 41.9 Å². The number of anilines is 1. The van der Waals surface area contributed by atoms with E-state index in [0.717, 1.165) is 76.7 Å². The quantitative estimate of drug-likeness (QED) is 0.214. The predicted octanol–water partition coefficient (Wildman–Crippen LogP) is 5.89. The summed E-state index contributed by atoms with van der Waals surface area (Å²) in [5.74, 6) is 0.585. The number of para-hydroxylation sites is 1. The molecule has 6 rings (SSSR count). The minimum atomic E-state index is -0.596. The Morgan fingerprint density at radius 2 is 1.74 bits per heavy atom. The number of aromatic nitrogens is 4. The number of thiocarbonyl (C=S) groups is 1. The van der Waals surface area contributed by atoms with Crippen LogP contribution in [-0.2, 0) is 25.8 Å². The van der Waals surface area contributed by atoms with E-state index < -0.39 is 5.76 Å². The van der Waals surface area contributed by atoms with Crippen molar-refractivity contribution in [1.82, 2.24) is 19.7 Å². The highest BCUT2D eigenvalue weighted by atomic mass is 32.1. The number of hydrogen-bond acceptors (Lipinski definition) is 6. The fourth-order valence-corrected chi connectivity index (χ4v) is 6.09. The summed E-state index contributed by atoms with van der Waals surface area (Å²) in [5.41, 5.74) is 7.42. The number of H-pyrrole nitrogens is 1. The summed E-state index contributed by atoms with van der Waals surface area (Å²) in [5, 5.41) is 3.86. The molecule has 1 aliphatic rings. The van der Waals surface area contributed by atoms with Crippen molar-refractivity contribution in [3.63, 3.8) is 0 Å². The van der Waals surface area contributed by atoms with Gasteiger partial charge in [0.25, 0.3) is 5.56 Å². The van der Waals surface area contributed by atoms with Crippen molar-refractivity contribution in [2.75, 3.05) is 11.4 Å². The van der Waals surface area contributed by atoms with E-state index in [4.69, 9.17) is 21.7 Å². The van der Waals surface area contributed by atoms with Crippen LogP contribution in [0.15, 0.2) is 86.9 Å². The summed E-state index contributed by atoms with van der Waals surface area (Å²) < 4.78 is 6.54. The van der Waals surface area contributed by atoms with Gasteiger partial charge in [-0.3, -0.25) is 18.9 Å². The maximum atomic E-state index is 14.1. The lowest BCUT2D eigenvalue weighted by Gasteiger charge is -2.22. The number of hydrogen-bond donors (Lipinski definition) is 1. The monoisotopic (exact) mass is 591 g/mol. The first-order valence-corrected chi connectivity index (χ1v) is 15.1. The van der Waals surface area contributed by atoms with Crippen LogP contribution in [0.2, 0.25) is 0 Å². The number of rotatable bonds is 9. The molecule has 0 aliphatic carbocycles. The molecule has 0 saturated heterocycles. The highest BCUT2D eigenvalue weighted by Gasteiger charge is 2.24. The van der Waals surface area contributed by atoms with Crippen molar-refractivity contribution in [2.24, 2.45) is 0 Å². The Hall–Kier alpha value is -4.63. The molecule has 9 heteroatoms. The maximum absolute atomic E-state index is 14.1. The van der Waals surface area contributed by atoms with E-state index >= 15 is 0 Å². The van der Waals surface area contributed by atoms with Gasteiger partial charge in [-0.2, -0.15) is 0 Å². The minimum Gasteiger partial charge on any atom is -0.335 e. The summed E-state index contributed by atoms with van der Waals surface area (Å²) in [7, 11) is 0. The standard InChI is InChI=1S/C34H33N5O3S/c1-3-4-13-30-35-22(2)28(20-31(43)38-19-18-25-9-5-8-12-29(25)38)33(40)39(30)21-23-14-16-24(17-15-23)26-10-6-7-11-27(26)32-36-34(41)42-37-32/h5-12,14-17H,3-4,13,18-21H2,1-2H3,(H,36,37,41). The lowest BCUT2D eigenvalue weighted by Crippen LogP contribution is -2.35. The van der Waals surface area contributed by atoms with E-state index in [1.54, 1.807) is 0 Å². The summed E-state index contributed by atoms with van der Waals surface area (Å²) >= 11 is 5.90. The van der Waals surface area contributed by atoms with Gasteiger partial charge in [0.05, 0.1) is 11.5 Å². The second-order valence-corrected chi connectivity index (χ2v) is 11.3. The van der Waals surface area contributed by atoms with Crippen LogP contribution in [0.4, 0.5) is 5.69 Å². The van der Waals surface area contributed by atoms with Gasteiger partial charge >= 0.3 is 5.76 Å². The SMILES string of the molecule is CCCCc1nc(C)c(CC(=S)N2CCc3ccccc32)c(=O)n1Cc1ccc(-c2ccccc2-c2noc(=O)[nH]2)cc1. The first kappa shape index (κ1) is 28.5. The Morgan fingerprint density at radius 1 is 1.00 bits per heavy atom. The number of nitrogens with zero attached hydrogens (tertiary/aromatic N) is 4. The highest BCUT2D eigenvalue weighted by Crippen LogP contribution is 2.30. The molecule has 0 unspecified atom stereocenters. The molecule has 1 aliphatic heterocycles. The third kappa shape index (κ3) is 5.85. The number of fused-ring (bicyclic) bond motifs is 1. The largest absolute Gasteiger partial charge is 0.439 e. The summed E-state index contributed by atoms with van der Waals surface area (Å²) in [6, 6.07) is 24.1. The van der Waals surface area contributed by atoms with Gasteiger partial charge in [0.15, 0.2) is 5.82 Å². The zero-order chi connectivity index (χ0) is 29.9. The number of unbranched alkanes of at least 4 members (excludes halogenated alkanes) is 1. The number of aryl methyl sites for hydroxylation is 2. The molecule has 1 N–H and O–H groups in total. The lowest BCUT2D eigenvalue weighted by molar-refractivity contribution is 0.388. The Kier molecular flexibility index (Phi) is 8.16. The fourth-order valence-electron chi connectivity index (χ4n) is 5.75. The second kappa shape index (κ2) is 12.3. The number of nitrogens with one attached hydrogen (secondary N) is 1. The van der Waals surface area contributed by atoms with Crippen molar-refractivity contribution in [1.29, 1.82) is 0 Å². The van der Waals surface area contributed by atoms with Crippen LogP contribution in [0, 0.1) is 6.92 Å². The van der Waals surface area contributed by atoms with Gasteiger partial charge in [-0.05, 0) is 48.1 Å². The molecular formula is C34H33N5O3S. The molecule has 3 aromatic carbocycles. The normalized spacial score (nSPS) is 12.5. The van der Waals surface area contributed by atoms with Gasteiger partial charge in [0.1, 0.15) is 5.82 Å². The second-order valence-electron chi connectivity index (χ2n) is 10.9. The average Bonchev–Trinajstić information content (AvgIpc) is 3.66. The van der Waals surface area contributed by atoms with Gasteiger partial charge < -0.3 is 4.90 Å². The molecule has 8 nitrogen and oxygen atoms in total. The molecule has 0 atom stereocenters. The maximum Gasteiger partial charge on any atom is 0.439 e. The Labute approximate surface area is 255 Å². The molecule has 0 bridgehead atoms. The highest BCUT2D eigenvalue weighted by molar-refractivity contribution is 7.80. The average molecular weight is 592 g/mol. The molecule has 43 heavy (non-hydrogen) atoms.